The number of ether oxygens (including phenoxy) is 1. The molecule has 1 aromatic carbocycles. The summed E-state index contributed by atoms with van der Waals surface area (Å²) >= 11 is 6.24. The molecule has 0 aliphatic rings. The van der Waals surface area contributed by atoms with E-state index in [1.54, 1.807) is 43.4 Å². The van der Waals surface area contributed by atoms with E-state index >= 15 is 0 Å². The molecule has 0 unspecified atom stereocenters. The molecule has 140 valence electrons. The lowest BCUT2D eigenvalue weighted by Gasteiger charge is -2.11. The van der Waals surface area contributed by atoms with E-state index in [1.165, 1.54) is 0 Å². The standard InChI is InChI=1S/C20H21ClN4O2/c1-13-20(21)14(2)25(23-13)12-16-9-15(6-8-19(16)27-4)5-7-18(26)17-10-22-24(3)11-17/h5-11H,12H2,1-4H3/b7-5+. The van der Waals surface area contributed by atoms with Crippen molar-refractivity contribution < 1.29 is 9.53 Å². The van der Waals surface area contributed by atoms with Gasteiger partial charge in [0.25, 0.3) is 0 Å². The third-order valence-corrected chi connectivity index (χ3v) is 4.88. The number of aryl methyl sites for hydroxylation is 2. The molecule has 7 heteroatoms. The van der Waals surface area contributed by atoms with E-state index < -0.39 is 0 Å². The molecule has 0 fully saturated rings. The molecule has 0 bridgehead atoms. The molecule has 0 amide bonds. The minimum absolute atomic E-state index is 0.0919. The maximum Gasteiger partial charge on any atom is 0.189 e. The van der Waals surface area contributed by atoms with Crippen molar-refractivity contribution >= 4 is 23.5 Å². The lowest BCUT2D eigenvalue weighted by Crippen LogP contribution is -2.06. The van der Waals surface area contributed by atoms with Gasteiger partial charge in [-0.1, -0.05) is 23.7 Å². The average molecular weight is 385 g/mol. The molecule has 0 spiro atoms. The van der Waals surface area contributed by atoms with Crippen LogP contribution in [0, 0.1) is 13.8 Å². The van der Waals surface area contributed by atoms with Gasteiger partial charge in [0.15, 0.2) is 5.78 Å². The van der Waals surface area contributed by atoms with Crippen LogP contribution in [0.2, 0.25) is 5.02 Å². The maximum absolute atomic E-state index is 12.2. The second-order valence-electron chi connectivity index (χ2n) is 6.31. The number of hydrogen-bond donors (Lipinski definition) is 0. The molecule has 0 aliphatic carbocycles. The number of aromatic nitrogens is 4. The van der Waals surface area contributed by atoms with Crippen LogP contribution in [0.1, 0.15) is 32.9 Å². The van der Waals surface area contributed by atoms with Crippen molar-refractivity contribution in [3.05, 3.63) is 69.8 Å². The fraction of sp³-hybridized carbons (Fsp3) is 0.250. The summed E-state index contributed by atoms with van der Waals surface area (Å²) in [6, 6.07) is 5.77. The molecule has 0 saturated heterocycles. The van der Waals surface area contributed by atoms with Gasteiger partial charge in [-0.2, -0.15) is 10.2 Å². The molecule has 2 heterocycles. The zero-order valence-electron chi connectivity index (χ0n) is 15.7. The molecule has 0 aliphatic heterocycles. The van der Waals surface area contributed by atoms with Crippen LogP contribution in [0.3, 0.4) is 0 Å². The van der Waals surface area contributed by atoms with Crippen LogP contribution in [-0.2, 0) is 13.6 Å². The number of nitrogens with zero attached hydrogens (tertiary/aromatic N) is 4. The maximum atomic E-state index is 12.2. The van der Waals surface area contributed by atoms with Crippen LogP contribution in [0.5, 0.6) is 5.75 Å². The first-order chi connectivity index (χ1) is 12.9. The normalized spacial score (nSPS) is 11.3. The summed E-state index contributed by atoms with van der Waals surface area (Å²) in [5, 5.41) is 9.17. The zero-order valence-corrected chi connectivity index (χ0v) is 16.5. The molecule has 2 aromatic heterocycles. The van der Waals surface area contributed by atoms with E-state index in [0.29, 0.717) is 17.1 Å². The first kappa shape index (κ1) is 18.9. The minimum atomic E-state index is -0.0919. The summed E-state index contributed by atoms with van der Waals surface area (Å²) in [6.45, 7) is 4.35. The number of halogens is 1. The third kappa shape index (κ3) is 4.11. The quantitative estimate of drug-likeness (QED) is 0.478. The predicted molar refractivity (Wildman–Crippen MR) is 105 cm³/mol. The molecule has 6 nitrogen and oxygen atoms in total. The van der Waals surface area contributed by atoms with Crippen LogP contribution in [0.25, 0.3) is 6.08 Å². The Morgan fingerprint density at radius 2 is 2.11 bits per heavy atom. The van der Waals surface area contributed by atoms with Crippen molar-refractivity contribution in [2.45, 2.75) is 20.4 Å². The highest BCUT2D eigenvalue weighted by Crippen LogP contribution is 2.25. The van der Waals surface area contributed by atoms with Gasteiger partial charge in [-0.15, -0.1) is 0 Å². The van der Waals surface area contributed by atoms with Gasteiger partial charge in [0, 0.05) is 18.8 Å². The van der Waals surface area contributed by atoms with E-state index in [4.69, 9.17) is 16.3 Å². The van der Waals surface area contributed by atoms with Crippen molar-refractivity contribution in [3.63, 3.8) is 0 Å². The smallest absolute Gasteiger partial charge is 0.189 e. The Morgan fingerprint density at radius 3 is 2.70 bits per heavy atom. The Hall–Kier alpha value is -2.86. The van der Waals surface area contributed by atoms with Crippen molar-refractivity contribution in [1.82, 2.24) is 19.6 Å². The third-order valence-electron chi connectivity index (χ3n) is 4.33. The monoisotopic (exact) mass is 384 g/mol. The first-order valence-electron chi connectivity index (χ1n) is 8.46. The SMILES string of the molecule is COc1ccc(/C=C/C(=O)c2cnn(C)c2)cc1Cn1nc(C)c(Cl)c1C. The fourth-order valence-electron chi connectivity index (χ4n) is 2.83. The highest BCUT2D eigenvalue weighted by molar-refractivity contribution is 6.31. The van der Waals surface area contributed by atoms with Crippen LogP contribution in [-0.4, -0.2) is 32.5 Å². The summed E-state index contributed by atoms with van der Waals surface area (Å²) in [7, 11) is 3.41. The van der Waals surface area contributed by atoms with E-state index in [2.05, 4.69) is 10.2 Å². The number of carbonyl (C=O) groups excluding carboxylic acids is 1. The number of carbonyl (C=O) groups is 1. The van der Waals surface area contributed by atoms with Crippen LogP contribution >= 0.6 is 11.6 Å². The number of rotatable bonds is 6. The highest BCUT2D eigenvalue weighted by atomic mass is 35.5. The molecule has 0 radical (unpaired) electrons. The Morgan fingerprint density at radius 1 is 1.33 bits per heavy atom. The Labute approximate surface area is 163 Å². The van der Waals surface area contributed by atoms with Crippen LogP contribution < -0.4 is 4.74 Å². The predicted octanol–water partition coefficient (Wildman–Crippen LogP) is 3.84. The Balaban J connectivity index is 1.85. The molecule has 3 aromatic rings. The van der Waals surface area contributed by atoms with Gasteiger partial charge in [-0.3, -0.25) is 14.2 Å². The Kier molecular flexibility index (Phi) is 5.46. The molecule has 3 rings (SSSR count). The number of methoxy groups -OCH3 is 1. The second-order valence-corrected chi connectivity index (χ2v) is 6.69. The molecular formula is C20H21ClN4O2. The van der Waals surface area contributed by atoms with E-state index in [-0.39, 0.29) is 5.78 Å². The summed E-state index contributed by atoms with van der Waals surface area (Å²) in [4.78, 5) is 12.2. The molecule has 27 heavy (non-hydrogen) atoms. The van der Waals surface area contributed by atoms with Gasteiger partial charge in [0.1, 0.15) is 5.75 Å². The summed E-state index contributed by atoms with van der Waals surface area (Å²) in [5.74, 6) is 0.667. The highest BCUT2D eigenvalue weighted by Gasteiger charge is 2.12. The van der Waals surface area contributed by atoms with Gasteiger partial charge in [-0.05, 0) is 37.6 Å². The van der Waals surface area contributed by atoms with Crippen molar-refractivity contribution in [1.29, 1.82) is 0 Å². The lowest BCUT2D eigenvalue weighted by molar-refractivity contribution is 0.104. The number of hydrogen-bond acceptors (Lipinski definition) is 4. The van der Waals surface area contributed by atoms with Gasteiger partial charge in [0.2, 0.25) is 0 Å². The van der Waals surface area contributed by atoms with Crippen LogP contribution in [0.15, 0.2) is 36.7 Å². The summed E-state index contributed by atoms with van der Waals surface area (Å²) in [5.41, 5.74) is 4.11. The Bertz CT molecular complexity index is 1020. The average Bonchev–Trinajstić information content (AvgIpc) is 3.19. The zero-order chi connectivity index (χ0) is 19.6. The van der Waals surface area contributed by atoms with E-state index in [1.807, 2.05) is 36.7 Å². The van der Waals surface area contributed by atoms with E-state index in [0.717, 1.165) is 28.3 Å². The van der Waals surface area contributed by atoms with Gasteiger partial charge in [-0.25, -0.2) is 0 Å². The number of allylic oxidation sites excluding steroid dienone is 1. The molecular weight excluding hydrogens is 364 g/mol. The first-order valence-corrected chi connectivity index (χ1v) is 8.84. The number of benzene rings is 1. The van der Waals surface area contributed by atoms with Gasteiger partial charge >= 0.3 is 0 Å². The largest absolute Gasteiger partial charge is 0.496 e. The van der Waals surface area contributed by atoms with Gasteiger partial charge in [0.05, 0.1) is 41.8 Å². The van der Waals surface area contributed by atoms with Gasteiger partial charge < -0.3 is 4.74 Å². The van der Waals surface area contributed by atoms with Crippen molar-refractivity contribution in [3.8, 4) is 5.75 Å². The fourth-order valence-corrected chi connectivity index (χ4v) is 2.97. The summed E-state index contributed by atoms with van der Waals surface area (Å²) in [6.07, 6.45) is 6.58. The lowest BCUT2D eigenvalue weighted by atomic mass is 10.1. The molecule has 0 saturated carbocycles. The molecule has 0 atom stereocenters. The van der Waals surface area contributed by atoms with Crippen molar-refractivity contribution in [2.24, 2.45) is 7.05 Å². The minimum Gasteiger partial charge on any atom is -0.496 e. The van der Waals surface area contributed by atoms with Crippen LogP contribution in [0.4, 0.5) is 0 Å². The topological polar surface area (TPSA) is 61.9 Å². The number of ketones is 1. The van der Waals surface area contributed by atoms with E-state index in [9.17, 15) is 4.79 Å². The van der Waals surface area contributed by atoms with Crippen molar-refractivity contribution in [2.75, 3.05) is 7.11 Å². The molecule has 0 N–H and O–H groups in total. The summed E-state index contributed by atoms with van der Waals surface area (Å²) < 4.78 is 8.93. The second kappa shape index (κ2) is 7.80.